The van der Waals surface area contributed by atoms with Gasteiger partial charge in [0.2, 0.25) is 5.91 Å². The highest BCUT2D eigenvalue weighted by Gasteiger charge is 2.25. The molecule has 0 radical (unpaired) electrons. The van der Waals surface area contributed by atoms with Gasteiger partial charge in [0.15, 0.2) is 0 Å². The minimum absolute atomic E-state index is 0.178. The zero-order chi connectivity index (χ0) is 15.4. The number of rotatable bonds is 5. The topological polar surface area (TPSA) is 50.2 Å². The number of hydrogen-bond acceptors (Lipinski definition) is 3. The van der Waals surface area contributed by atoms with Gasteiger partial charge in [-0.1, -0.05) is 6.92 Å². The van der Waals surface area contributed by atoms with Gasteiger partial charge < -0.3 is 5.32 Å². The molecule has 0 bridgehead atoms. The molecular weight excluding hydrogens is 332 g/mol. The lowest BCUT2D eigenvalue weighted by Gasteiger charge is -2.31. The lowest BCUT2D eigenvalue weighted by atomic mass is 9.96. The average molecular weight is 357 g/mol. The van der Waals surface area contributed by atoms with Gasteiger partial charge in [-0.2, -0.15) is 5.10 Å². The molecule has 2 rings (SSSR count). The van der Waals surface area contributed by atoms with Crippen molar-refractivity contribution in [2.24, 2.45) is 5.92 Å². The molecule has 0 aromatic carbocycles. The number of halogens is 1. The van der Waals surface area contributed by atoms with Gasteiger partial charge >= 0.3 is 0 Å². The number of aryl methyl sites for hydroxylation is 2. The maximum absolute atomic E-state index is 11.7. The second kappa shape index (κ2) is 7.40. The fourth-order valence-corrected chi connectivity index (χ4v) is 3.63. The Morgan fingerprint density at radius 1 is 1.38 bits per heavy atom. The molecule has 6 heteroatoms. The number of likely N-dealkylation sites (tertiary alicyclic amines) is 1. The predicted octanol–water partition coefficient (Wildman–Crippen LogP) is 2.19. The van der Waals surface area contributed by atoms with Crippen LogP contribution in [0.15, 0.2) is 4.47 Å². The van der Waals surface area contributed by atoms with Crippen molar-refractivity contribution in [3.63, 3.8) is 0 Å². The number of nitrogens with zero attached hydrogens (tertiary/aromatic N) is 3. The molecule has 5 nitrogen and oxygen atoms in total. The van der Waals surface area contributed by atoms with Crippen LogP contribution in [0, 0.1) is 5.92 Å². The summed E-state index contributed by atoms with van der Waals surface area (Å²) < 4.78 is 3.24. The first-order valence-electron chi connectivity index (χ1n) is 7.78. The van der Waals surface area contributed by atoms with E-state index in [4.69, 9.17) is 0 Å². The van der Waals surface area contributed by atoms with Gasteiger partial charge in [-0.05, 0) is 55.2 Å². The number of hydrogen-bond donors (Lipinski definition) is 1. The van der Waals surface area contributed by atoms with E-state index in [1.807, 2.05) is 0 Å². The van der Waals surface area contributed by atoms with Crippen molar-refractivity contribution in [1.82, 2.24) is 20.0 Å². The molecule has 1 aliphatic rings. The van der Waals surface area contributed by atoms with Gasteiger partial charge in [-0.25, -0.2) is 0 Å². The van der Waals surface area contributed by atoms with Crippen molar-refractivity contribution in [3.8, 4) is 0 Å². The van der Waals surface area contributed by atoms with Crippen molar-refractivity contribution < 1.29 is 4.79 Å². The SMILES string of the molecule is CCc1nn(CC)c(CN2CCC(C(=O)NC)CC2)c1Br. The minimum Gasteiger partial charge on any atom is -0.359 e. The summed E-state index contributed by atoms with van der Waals surface area (Å²) in [5.41, 5.74) is 2.39. The van der Waals surface area contributed by atoms with Crippen molar-refractivity contribution in [3.05, 3.63) is 15.9 Å². The Morgan fingerprint density at radius 3 is 2.57 bits per heavy atom. The Morgan fingerprint density at radius 2 is 2.05 bits per heavy atom. The molecule has 1 aliphatic heterocycles. The van der Waals surface area contributed by atoms with E-state index in [0.29, 0.717) is 0 Å². The number of carbonyl (C=O) groups excluding carboxylic acids is 1. The Kier molecular flexibility index (Phi) is 5.81. The normalized spacial score (nSPS) is 17.1. The molecule has 1 fully saturated rings. The quantitative estimate of drug-likeness (QED) is 0.879. The van der Waals surface area contributed by atoms with Crippen LogP contribution in [-0.2, 0) is 24.3 Å². The number of piperidine rings is 1. The molecule has 1 saturated heterocycles. The van der Waals surface area contributed by atoms with E-state index >= 15 is 0 Å². The molecule has 1 aromatic rings. The van der Waals surface area contributed by atoms with E-state index in [-0.39, 0.29) is 11.8 Å². The van der Waals surface area contributed by atoms with Crippen molar-refractivity contribution in [2.75, 3.05) is 20.1 Å². The van der Waals surface area contributed by atoms with E-state index in [1.54, 1.807) is 7.05 Å². The Labute approximate surface area is 135 Å². The average Bonchev–Trinajstić information content (AvgIpc) is 2.83. The minimum atomic E-state index is 0.178. The number of carbonyl (C=O) groups is 1. The van der Waals surface area contributed by atoms with Gasteiger partial charge in [0.1, 0.15) is 0 Å². The van der Waals surface area contributed by atoms with Crippen LogP contribution in [-0.4, -0.2) is 40.7 Å². The molecule has 21 heavy (non-hydrogen) atoms. The van der Waals surface area contributed by atoms with Crippen LogP contribution < -0.4 is 5.32 Å². The van der Waals surface area contributed by atoms with E-state index in [0.717, 1.165) is 55.6 Å². The van der Waals surface area contributed by atoms with Crippen LogP contribution in [0.2, 0.25) is 0 Å². The van der Waals surface area contributed by atoms with Crippen LogP contribution in [0.25, 0.3) is 0 Å². The first-order valence-corrected chi connectivity index (χ1v) is 8.57. The van der Waals surface area contributed by atoms with Crippen LogP contribution in [0.4, 0.5) is 0 Å². The summed E-state index contributed by atoms with van der Waals surface area (Å²) in [5, 5.41) is 7.41. The summed E-state index contributed by atoms with van der Waals surface area (Å²) in [7, 11) is 1.72. The lowest BCUT2D eigenvalue weighted by Crippen LogP contribution is -2.39. The van der Waals surface area contributed by atoms with Crippen molar-refractivity contribution in [2.45, 2.75) is 46.2 Å². The highest BCUT2D eigenvalue weighted by Crippen LogP contribution is 2.26. The number of aromatic nitrogens is 2. The molecule has 0 spiro atoms. The summed E-state index contributed by atoms with van der Waals surface area (Å²) in [6.45, 7) is 8.00. The van der Waals surface area contributed by atoms with Crippen molar-refractivity contribution >= 4 is 21.8 Å². The van der Waals surface area contributed by atoms with E-state index < -0.39 is 0 Å². The second-order valence-electron chi connectivity index (χ2n) is 5.54. The highest BCUT2D eigenvalue weighted by molar-refractivity contribution is 9.10. The highest BCUT2D eigenvalue weighted by atomic mass is 79.9. The fraction of sp³-hybridized carbons (Fsp3) is 0.733. The predicted molar refractivity (Wildman–Crippen MR) is 87.0 cm³/mol. The van der Waals surface area contributed by atoms with Crippen LogP contribution in [0.3, 0.4) is 0 Å². The Hall–Kier alpha value is -0.880. The van der Waals surface area contributed by atoms with Crippen molar-refractivity contribution in [1.29, 1.82) is 0 Å². The van der Waals surface area contributed by atoms with Gasteiger partial charge in [0.25, 0.3) is 0 Å². The molecule has 2 heterocycles. The molecule has 0 saturated carbocycles. The third kappa shape index (κ3) is 3.66. The fourth-order valence-electron chi connectivity index (χ4n) is 2.94. The molecule has 1 amide bonds. The van der Waals surface area contributed by atoms with Crippen LogP contribution >= 0.6 is 15.9 Å². The standard InChI is InChI=1S/C15H25BrN4O/c1-4-12-14(16)13(20(5-2)18-12)10-19-8-6-11(7-9-19)15(21)17-3/h11H,4-10H2,1-3H3,(H,17,21). The summed E-state index contributed by atoms with van der Waals surface area (Å²) >= 11 is 3.70. The summed E-state index contributed by atoms with van der Waals surface area (Å²) in [4.78, 5) is 14.1. The molecule has 1 N–H and O–H groups in total. The van der Waals surface area contributed by atoms with E-state index in [1.165, 1.54) is 5.69 Å². The lowest BCUT2D eigenvalue weighted by molar-refractivity contribution is -0.125. The monoisotopic (exact) mass is 356 g/mol. The molecule has 0 aliphatic carbocycles. The molecular formula is C15H25BrN4O. The summed E-state index contributed by atoms with van der Waals surface area (Å²) in [6.07, 6.45) is 2.83. The van der Waals surface area contributed by atoms with Crippen LogP contribution in [0.5, 0.6) is 0 Å². The van der Waals surface area contributed by atoms with Gasteiger partial charge in [-0.15, -0.1) is 0 Å². The third-order valence-electron chi connectivity index (χ3n) is 4.27. The largest absolute Gasteiger partial charge is 0.359 e. The zero-order valence-electron chi connectivity index (χ0n) is 13.2. The molecule has 1 aromatic heterocycles. The first kappa shape index (κ1) is 16.5. The van der Waals surface area contributed by atoms with Crippen LogP contribution in [0.1, 0.15) is 38.1 Å². The summed E-state index contributed by atoms with van der Waals surface area (Å²) in [5.74, 6) is 0.361. The van der Waals surface area contributed by atoms with Gasteiger partial charge in [-0.3, -0.25) is 14.4 Å². The molecule has 0 atom stereocenters. The smallest absolute Gasteiger partial charge is 0.222 e. The van der Waals surface area contributed by atoms with Gasteiger partial charge in [0, 0.05) is 26.1 Å². The first-order chi connectivity index (χ1) is 10.1. The van der Waals surface area contributed by atoms with Gasteiger partial charge in [0.05, 0.1) is 15.9 Å². The zero-order valence-corrected chi connectivity index (χ0v) is 14.7. The van der Waals surface area contributed by atoms with E-state index in [2.05, 4.69) is 49.8 Å². The molecule has 118 valence electrons. The Bertz CT molecular complexity index is 492. The number of nitrogens with one attached hydrogen (secondary N) is 1. The second-order valence-corrected chi connectivity index (χ2v) is 6.33. The van der Waals surface area contributed by atoms with E-state index in [9.17, 15) is 4.79 Å². The number of amides is 1. The maximum Gasteiger partial charge on any atom is 0.222 e. The Balaban J connectivity index is 2.00. The third-order valence-corrected chi connectivity index (χ3v) is 5.19. The summed E-state index contributed by atoms with van der Waals surface area (Å²) in [6, 6.07) is 0. The molecule has 0 unspecified atom stereocenters. The maximum atomic E-state index is 11.7.